The highest BCUT2D eigenvalue weighted by atomic mass is 35.7. The van der Waals surface area contributed by atoms with Crippen LogP contribution in [0, 0.1) is 20.5 Å². The molecular formula is C83H78Cl2N4O8. The number of anilines is 2. The quantitative estimate of drug-likeness (QED) is 0.119. The molecule has 10 aromatic carbocycles. The fraction of sp³-hybridized carbons (Fsp3) is 0.253. The van der Waals surface area contributed by atoms with Gasteiger partial charge in [-0.05, 0) is 154 Å². The molecule has 10 aromatic rings. The zero-order valence-electron chi connectivity index (χ0n) is 55.1. The van der Waals surface area contributed by atoms with E-state index in [1.54, 1.807) is 0 Å². The first-order valence-corrected chi connectivity index (χ1v) is 36.1. The van der Waals surface area contributed by atoms with Crippen LogP contribution in [0.5, 0.6) is 0 Å². The zero-order valence-corrected chi connectivity index (χ0v) is 56.6. The molecule has 2 saturated carbocycles. The van der Waals surface area contributed by atoms with Crippen LogP contribution in [0.3, 0.4) is 0 Å². The summed E-state index contributed by atoms with van der Waals surface area (Å²) < 4.78 is 73.6. The van der Waals surface area contributed by atoms with E-state index in [0.29, 0.717) is 6.67 Å². The van der Waals surface area contributed by atoms with Gasteiger partial charge in [-0.1, -0.05) is 221 Å². The number of allylic oxidation sites excluding steroid dienone is 8. The van der Waals surface area contributed by atoms with Crippen LogP contribution in [0.15, 0.2) is 254 Å². The van der Waals surface area contributed by atoms with E-state index in [1.165, 1.54) is 161 Å². The Morgan fingerprint density at radius 2 is 0.670 bits per heavy atom. The van der Waals surface area contributed by atoms with Crippen LogP contribution in [-0.2, 0) is 34.5 Å². The van der Waals surface area contributed by atoms with Gasteiger partial charge in [0.15, 0.2) is 11.4 Å². The van der Waals surface area contributed by atoms with Crippen molar-refractivity contribution >= 4 is 77.3 Å². The first-order valence-electron chi connectivity index (χ1n) is 33.6. The molecular weight excluding hydrogens is 1250 g/mol. The summed E-state index contributed by atoms with van der Waals surface area (Å²) in [4.78, 5) is 4.99. The van der Waals surface area contributed by atoms with Crippen LogP contribution in [0.25, 0.3) is 43.1 Å². The minimum Gasteiger partial charge on any atom is -0.347 e. The van der Waals surface area contributed by atoms with Gasteiger partial charge in [0.2, 0.25) is 11.4 Å². The fourth-order valence-electron chi connectivity index (χ4n) is 18.2. The molecule has 0 N–H and O–H groups in total. The highest BCUT2D eigenvalue weighted by Crippen LogP contribution is 2.57. The van der Waals surface area contributed by atoms with Gasteiger partial charge in [-0.2, -0.15) is 0 Å². The van der Waals surface area contributed by atoms with E-state index >= 15 is 0 Å². The van der Waals surface area contributed by atoms with Crippen LogP contribution < -0.4 is 47.1 Å². The van der Waals surface area contributed by atoms with E-state index in [9.17, 15) is 0 Å². The van der Waals surface area contributed by atoms with Gasteiger partial charge in [0.25, 0.3) is 0 Å². The van der Waals surface area contributed by atoms with Crippen LogP contribution in [0.4, 0.5) is 22.7 Å². The molecule has 0 aromatic heterocycles. The third kappa shape index (κ3) is 12.1. The van der Waals surface area contributed by atoms with Crippen molar-refractivity contribution in [3.8, 4) is 0 Å². The lowest BCUT2D eigenvalue weighted by atomic mass is 9.66. The number of hydrogen-bond acceptors (Lipinski definition) is 10. The van der Waals surface area contributed by atoms with Gasteiger partial charge in [0, 0.05) is 83.1 Å². The molecule has 4 heterocycles. The SMILES string of the molecule is CN1C(=CC=CC2=[N+](C[N+]3=C(C=CC=C4N(C)c5ccc6ccccc6c5C4(C)Cc4ccccc4)C4(CCCCC4)c4c3ccc3ccccc43)c3ccc4ccccc4c3C23CCCCC3)C(C)(Cc2ccccc2)c2c1ccc1ccccc21.[O-][Cl+3]([O-])([O-])[O-].[O-][Cl+3]([O-])([O-])[O-]. The van der Waals surface area contributed by atoms with Gasteiger partial charge in [-0.15, -0.1) is 29.6 Å². The standard InChI is InChI=1S/C83H78N4.2ClHO4/c1-80(55-58-27-9-5-10-28-58)72(84(3)68-47-43-60-31-13-17-35-64(60)76(68)80)39-25-41-74-82(51-21-7-22-52-82)78-66-37-19-15-33-62(66)45-49-70(78)86(74)57-87-71-50-46-63-34-16-20-38-67(63)79(71)83(53-23-8-24-54-83)75(87)42-26-40-73-81(2,56-59-29-11-6-12-30-59)77-65-36-18-14-32-61(65)44-48-69(77)85(73)4;2*2-1(3,4)5/h5-6,9-20,25-50H,7-8,21-24,51-57H2,1-4H3;2*(H,2,3,4,5)/q+2;;/p-2. The van der Waals surface area contributed by atoms with Crippen LogP contribution >= 0.6 is 0 Å². The summed E-state index contributed by atoms with van der Waals surface area (Å²) in [6, 6.07) is 78.1. The molecule has 97 heavy (non-hydrogen) atoms. The smallest absolute Gasteiger partial charge is 0.345 e. The molecule has 0 saturated heterocycles. The van der Waals surface area contributed by atoms with Crippen molar-refractivity contribution in [2.75, 3.05) is 30.6 Å². The molecule has 12 nitrogen and oxygen atoms in total. The van der Waals surface area contributed by atoms with E-state index < -0.39 is 20.5 Å². The van der Waals surface area contributed by atoms with E-state index in [0.717, 1.165) is 38.5 Å². The lowest BCUT2D eigenvalue weighted by Gasteiger charge is -2.32. The van der Waals surface area contributed by atoms with Crippen LogP contribution in [0.1, 0.15) is 111 Å². The number of benzene rings is 10. The van der Waals surface area contributed by atoms with Gasteiger partial charge in [0.05, 0.1) is 10.8 Å². The summed E-state index contributed by atoms with van der Waals surface area (Å²) in [6.45, 7) is 5.71. The van der Waals surface area contributed by atoms with E-state index in [-0.39, 0.29) is 21.7 Å². The molecule has 2 aliphatic carbocycles. The Bertz CT molecular complexity index is 4570. The first kappa shape index (κ1) is 65.7. The third-order valence-electron chi connectivity index (χ3n) is 21.9. The summed E-state index contributed by atoms with van der Waals surface area (Å²) in [7, 11) is -5.29. The molecule has 0 radical (unpaired) electrons. The lowest BCUT2D eigenvalue weighted by Crippen LogP contribution is -2.68. The molecule has 6 aliphatic rings. The Hall–Kier alpha value is -8.60. The van der Waals surface area contributed by atoms with Crippen LogP contribution in [-0.4, -0.2) is 41.3 Å². The number of fused-ring (bicyclic) bond motifs is 14. The predicted molar refractivity (Wildman–Crippen MR) is 366 cm³/mol. The maximum absolute atomic E-state index is 8.49. The fourth-order valence-corrected chi connectivity index (χ4v) is 18.2. The Morgan fingerprint density at radius 3 is 1.01 bits per heavy atom. The van der Waals surface area contributed by atoms with Crippen molar-refractivity contribution in [2.24, 2.45) is 0 Å². The van der Waals surface area contributed by atoms with E-state index in [4.69, 9.17) is 37.3 Å². The van der Waals surface area contributed by atoms with Crippen molar-refractivity contribution in [3.05, 3.63) is 287 Å². The average Bonchev–Trinajstić information content (AvgIpc) is 1.57. The van der Waals surface area contributed by atoms with Crippen molar-refractivity contribution in [1.29, 1.82) is 0 Å². The second kappa shape index (κ2) is 26.0. The molecule has 0 bridgehead atoms. The van der Waals surface area contributed by atoms with Gasteiger partial charge in [0.1, 0.15) is 0 Å². The second-order valence-electron chi connectivity index (χ2n) is 27.5. The largest absolute Gasteiger partial charge is 0.347 e. The maximum atomic E-state index is 8.49. The average molecular weight is 1330 g/mol. The summed E-state index contributed by atoms with van der Waals surface area (Å²) in [5.74, 6) is 0. The summed E-state index contributed by atoms with van der Waals surface area (Å²) >= 11 is 0. The number of halogens is 2. The van der Waals surface area contributed by atoms with Crippen molar-refractivity contribution in [2.45, 2.75) is 113 Å². The number of likely N-dealkylation sites (N-methyl/N-ethyl adjacent to an activating group) is 2. The summed E-state index contributed by atoms with van der Waals surface area (Å²) in [5, 5.41) is 10.7. The molecule has 14 heteroatoms. The van der Waals surface area contributed by atoms with Crippen LogP contribution in [0.2, 0.25) is 0 Å². The summed E-state index contributed by atoms with van der Waals surface area (Å²) in [6.07, 6.45) is 28.8. The molecule has 2 spiro atoms. The normalized spacial score (nSPS) is 21.0. The lowest BCUT2D eigenvalue weighted by molar-refractivity contribution is -2.00. The highest BCUT2D eigenvalue weighted by molar-refractivity contribution is 6.10. The Labute approximate surface area is 571 Å². The van der Waals surface area contributed by atoms with E-state index in [1.807, 2.05) is 0 Å². The Kier molecular flexibility index (Phi) is 17.6. The zero-order chi connectivity index (χ0) is 67.5. The Balaban J connectivity index is 0.000000754. The Morgan fingerprint density at radius 1 is 0.371 bits per heavy atom. The second-order valence-corrected chi connectivity index (χ2v) is 29.0. The van der Waals surface area contributed by atoms with E-state index in [2.05, 4.69) is 290 Å². The van der Waals surface area contributed by atoms with Crippen molar-refractivity contribution in [1.82, 2.24) is 0 Å². The monoisotopic (exact) mass is 1330 g/mol. The summed E-state index contributed by atoms with van der Waals surface area (Å²) in [5.41, 5.74) is 18.6. The molecule has 0 amide bonds. The van der Waals surface area contributed by atoms with Gasteiger partial charge >= 0.3 is 6.67 Å². The molecule has 2 atom stereocenters. The minimum absolute atomic E-state index is 0.151. The number of rotatable bonds is 10. The third-order valence-corrected chi connectivity index (χ3v) is 21.9. The van der Waals surface area contributed by atoms with Gasteiger partial charge in [-0.25, -0.2) is 37.3 Å². The molecule has 2 fully saturated rings. The number of nitrogens with zero attached hydrogens (tertiary/aromatic N) is 4. The van der Waals surface area contributed by atoms with Gasteiger partial charge in [-0.3, -0.25) is 0 Å². The van der Waals surface area contributed by atoms with Crippen molar-refractivity contribution in [3.63, 3.8) is 0 Å². The highest BCUT2D eigenvalue weighted by Gasteiger charge is 2.57. The van der Waals surface area contributed by atoms with Crippen molar-refractivity contribution < 1.29 is 66.9 Å². The van der Waals surface area contributed by atoms with Gasteiger partial charge < -0.3 is 9.80 Å². The minimum atomic E-state index is -4.94. The molecule has 4 aliphatic heterocycles. The molecule has 492 valence electrons. The predicted octanol–water partition coefficient (Wildman–Crippen LogP) is 10.2. The first-order chi connectivity index (χ1) is 46.7. The number of hydrogen-bond donors (Lipinski definition) is 0. The molecule has 2 unspecified atom stereocenters. The maximum Gasteiger partial charge on any atom is 0.345 e. The topological polar surface area (TPSA) is 197 Å². The molecule has 16 rings (SSSR count).